The number of nitrogens with zero attached hydrogens (tertiary/aromatic N) is 1. The van der Waals surface area contributed by atoms with E-state index in [1.54, 1.807) is 17.9 Å². The van der Waals surface area contributed by atoms with Gasteiger partial charge in [0, 0.05) is 25.6 Å². The van der Waals surface area contributed by atoms with Crippen LogP contribution in [0.1, 0.15) is 73.1 Å². The molecular formula is C31H48N2O7. The molecule has 4 aliphatic rings. The number of likely N-dealkylation sites (tertiary alicyclic amines) is 1. The van der Waals surface area contributed by atoms with Crippen molar-refractivity contribution in [2.24, 2.45) is 5.92 Å². The molecule has 0 unspecified atom stereocenters. The van der Waals surface area contributed by atoms with Gasteiger partial charge in [-0.05, 0) is 71.8 Å². The molecule has 4 aliphatic heterocycles. The minimum atomic E-state index is -0.643. The molecule has 2 N–H and O–H groups in total. The Balaban J connectivity index is 1.20. The maximum atomic E-state index is 12.6. The van der Waals surface area contributed by atoms with Crippen molar-refractivity contribution in [3.8, 4) is 0 Å². The second-order valence-corrected chi connectivity index (χ2v) is 12.2. The largest absolute Gasteiger partial charge is 0.442 e. The Morgan fingerprint density at radius 3 is 2.58 bits per heavy atom. The van der Waals surface area contributed by atoms with Gasteiger partial charge in [0.25, 0.3) is 0 Å². The van der Waals surface area contributed by atoms with Gasteiger partial charge in [0.2, 0.25) is 5.91 Å². The molecule has 4 saturated heterocycles. The molecule has 1 spiro atoms. The summed E-state index contributed by atoms with van der Waals surface area (Å²) in [6.45, 7) is 12.0. The molecule has 0 aromatic rings. The Labute approximate surface area is 238 Å². The molecule has 4 rings (SSSR count). The van der Waals surface area contributed by atoms with Crippen molar-refractivity contribution in [2.45, 2.75) is 121 Å². The van der Waals surface area contributed by atoms with Crippen LogP contribution in [0, 0.1) is 5.92 Å². The number of hydrogen-bond acceptors (Lipinski definition) is 7. The zero-order chi connectivity index (χ0) is 28.9. The van der Waals surface area contributed by atoms with E-state index in [9.17, 15) is 14.7 Å². The summed E-state index contributed by atoms with van der Waals surface area (Å²) in [7, 11) is 0. The molecule has 0 aliphatic carbocycles. The van der Waals surface area contributed by atoms with Crippen LogP contribution < -0.4 is 5.32 Å². The van der Waals surface area contributed by atoms with E-state index < -0.39 is 17.8 Å². The minimum Gasteiger partial charge on any atom is -0.442 e. The standard InChI is InChI=1S/C31H48N2O7/c1-20(10-13-27-29(35)31(19-37-31)18-23(4)38-27)9-12-26-21(2)17-25(24(5)40-26)32-28(34)14-11-22(3)39-30(36)33-15-7-6-8-16-33/h9-11,13-14,21-27,29,35H,6-8,12,15-19H2,1-5H3,(H,32,34)/b13-10+,14-11-,20-9+/t21-,22-,23+,24+,25+,26-,27+,29+,31+/m0/s1. The predicted octanol–water partition coefficient (Wildman–Crippen LogP) is 4.05. The number of aliphatic hydroxyl groups is 1. The number of ether oxygens (including phenoxy) is 4. The van der Waals surface area contributed by atoms with Gasteiger partial charge in [-0.1, -0.05) is 30.7 Å². The summed E-state index contributed by atoms with van der Waals surface area (Å²) in [4.78, 5) is 26.6. The Morgan fingerprint density at radius 1 is 1.15 bits per heavy atom. The number of carbonyl (C=O) groups excluding carboxylic acids is 2. The first-order valence-corrected chi connectivity index (χ1v) is 15.0. The molecule has 224 valence electrons. The molecule has 9 atom stereocenters. The van der Waals surface area contributed by atoms with Gasteiger partial charge in [0.1, 0.15) is 23.9 Å². The summed E-state index contributed by atoms with van der Waals surface area (Å²) in [5.74, 6) is 0.0480. The Hall–Kier alpha value is -2.20. The van der Waals surface area contributed by atoms with Gasteiger partial charge in [-0.25, -0.2) is 4.79 Å². The van der Waals surface area contributed by atoms with Crippen LogP contribution in [-0.4, -0.2) is 90.0 Å². The Morgan fingerprint density at radius 2 is 1.88 bits per heavy atom. The number of amides is 2. The zero-order valence-electron chi connectivity index (χ0n) is 24.7. The number of allylic oxidation sites excluding steroid dienone is 2. The maximum Gasteiger partial charge on any atom is 0.410 e. The SMILES string of the molecule is CC(/C=C/[C@H]1O[C@H](C)C[C@@]2(CO2)[C@@H]1O)=C\C[C@@H]1O[C@H](C)[C@H](NC(=O)/C=C\[C@H](C)OC(=O)N2CCCCC2)C[C@@H]1C. The van der Waals surface area contributed by atoms with Gasteiger partial charge < -0.3 is 34.3 Å². The molecule has 0 bridgehead atoms. The van der Waals surface area contributed by atoms with Gasteiger partial charge >= 0.3 is 6.09 Å². The summed E-state index contributed by atoms with van der Waals surface area (Å²) < 4.78 is 23.3. The molecule has 40 heavy (non-hydrogen) atoms. The van der Waals surface area contributed by atoms with Crippen molar-refractivity contribution >= 4 is 12.0 Å². The average molecular weight is 561 g/mol. The van der Waals surface area contributed by atoms with Crippen LogP contribution in [0.2, 0.25) is 0 Å². The Bertz CT molecular complexity index is 969. The number of hydrogen-bond donors (Lipinski definition) is 2. The molecule has 4 heterocycles. The van der Waals surface area contributed by atoms with E-state index in [2.05, 4.69) is 18.3 Å². The van der Waals surface area contributed by atoms with Crippen molar-refractivity contribution < 1.29 is 33.6 Å². The highest BCUT2D eigenvalue weighted by molar-refractivity contribution is 5.87. The van der Waals surface area contributed by atoms with Gasteiger partial charge in [-0.3, -0.25) is 4.79 Å². The van der Waals surface area contributed by atoms with Crippen molar-refractivity contribution in [3.05, 3.63) is 36.0 Å². The first-order chi connectivity index (χ1) is 19.1. The van der Waals surface area contributed by atoms with Crippen molar-refractivity contribution in [2.75, 3.05) is 19.7 Å². The summed E-state index contributed by atoms with van der Waals surface area (Å²) in [5.41, 5.74) is 0.657. The number of epoxide rings is 1. The molecule has 9 heteroatoms. The van der Waals surface area contributed by atoms with E-state index in [4.69, 9.17) is 18.9 Å². The lowest BCUT2D eigenvalue weighted by Gasteiger charge is -2.39. The van der Waals surface area contributed by atoms with Gasteiger partial charge in [-0.2, -0.15) is 0 Å². The molecule has 2 amide bonds. The van der Waals surface area contributed by atoms with Crippen molar-refractivity contribution in [1.29, 1.82) is 0 Å². The fourth-order valence-electron chi connectivity index (χ4n) is 5.96. The van der Waals surface area contributed by atoms with Crippen LogP contribution in [-0.2, 0) is 23.7 Å². The second kappa shape index (κ2) is 13.6. The monoisotopic (exact) mass is 560 g/mol. The average Bonchev–Trinajstić information content (AvgIpc) is 3.70. The summed E-state index contributed by atoms with van der Waals surface area (Å²) in [6, 6.07) is -0.0940. The highest BCUT2D eigenvalue weighted by Crippen LogP contribution is 2.42. The fraction of sp³-hybridized carbons (Fsp3) is 0.742. The summed E-state index contributed by atoms with van der Waals surface area (Å²) in [6.07, 6.45) is 12.8. The topological polar surface area (TPSA) is 110 Å². The van der Waals surface area contributed by atoms with E-state index in [-0.39, 0.29) is 48.4 Å². The smallest absolute Gasteiger partial charge is 0.410 e. The second-order valence-electron chi connectivity index (χ2n) is 12.2. The lowest BCUT2D eigenvalue weighted by Crippen LogP contribution is -2.50. The first kappa shape index (κ1) is 30.8. The molecule has 0 radical (unpaired) electrons. The summed E-state index contributed by atoms with van der Waals surface area (Å²) in [5, 5.41) is 13.7. The minimum absolute atomic E-state index is 0.0518. The Kier molecular flexibility index (Phi) is 10.5. The van der Waals surface area contributed by atoms with Crippen LogP contribution in [0.25, 0.3) is 0 Å². The van der Waals surface area contributed by atoms with Crippen molar-refractivity contribution in [3.63, 3.8) is 0 Å². The molecule has 0 saturated carbocycles. The predicted molar refractivity (Wildman–Crippen MR) is 152 cm³/mol. The molecular weight excluding hydrogens is 512 g/mol. The molecule has 4 fully saturated rings. The van der Waals surface area contributed by atoms with Crippen LogP contribution in [0.4, 0.5) is 4.79 Å². The normalized spacial score (nSPS) is 37.6. The third-order valence-corrected chi connectivity index (χ3v) is 8.57. The molecule has 0 aromatic carbocycles. The zero-order valence-corrected chi connectivity index (χ0v) is 24.7. The number of piperidine rings is 1. The fourth-order valence-corrected chi connectivity index (χ4v) is 5.96. The van der Waals surface area contributed by atoms with E-state index >= 15 is 0 Å². The van der Waals surface area contributed by atoms with Crippen LogP contribution >= 0.6 is 0 Å². The van der Waals surface area contributed by atoms with Crippen molar-refractivity contribution in [1.82, 2.24) is 10.2 Å². The third kappa shape index (κ3) is 8.18. The van der Waals surface area contributed by atoms with Crippen LogP contribution in [0.3, 0.4) is 0 Å². The highest BCUT2D eigenvalue weighted by atomic mass is 16.6. The number of carbonyl (C=O) groups is 2. The van der Waals surface area contributed by atoms with Gasteiger partial charge in [0.15, 0.2) is 0 Å². The highest BCUT2D eigenvalue weighted by Gasteiger charge is 2.57. The third-order valence-electron chi connectivity index (χ3n) is 8.57. The van der Waals surface area contributed by atoms with Crippen LogP contribution in [0.15, 0.2) is 36.0 Å². The number of aliphatic hydroxyl groups excluding tert-OH is 1. The number of rotatable bonds is 8. The quantitative estimate of drug-likeness (QED) is 0.262. The molecule has 9 nitrogen and oxygen atoms in total. The van der Waals surface area contributed by atoms with Gasteiger partial charge in [-0.15, -0.1) is 0 Å². The van der Waals surface area contributed by atoms with Crippen LogP contribution in [0.5, 0.6) is 0 Å². The van der Waals surface area contributed by atoms with E-state index in [0.717, 1.165) is 57.2 Å². The van der Waals surface area contributed by atoms with Gasteiger partial charge in [0.05, 0.1) is 31.0 Å². The lowest BCUT2D eigenvalue weighted by atomic mass is 9.87. The summed E-state index contributed by atoms with van der Waals surface area (Å²) >= 11 is 0. The van der Waals surface area contributed by atoms with E-state index in [1.807, 2.05) is 32.9 Å². The van der Waals surface area contributed by atoms with E-state index in [0.29, 0.717) is 6.61 Å². The first-order valence-electron chi connectivity index (χ1n) is 15.0. The lowest BCUT2D eigenvalue weighted by molar-refractivity contribution is -0.126. The molecule has 0 aromatic heterocycles. The number of nitrogens with one attached hydrogen (secondary N) is 1. The maximum absolute atomic E-state index is 12.6. The van der Waals surface area contributed by atoms with E-state index in [1.165, 1.54) is 6.08 Å².